The number of thiocarbonyl (C=S) groups is 1. The molecular formula is C26H31Cl2N3S. The van der Waals surface area contributed by atoms with Crippen LogP contribution in [0.25, 0.3) is 0 Å². The van der Waals surface area contributed by atoms with E-state index in [2.05, 4.69) is 41.1 Å². The van der Waals surface area contributed by atoms with Gasteiger partial charge in [-0.05, 0) is 97.5 Å². The van der Waals surface area contributed by atoms with Crippen LogP contribution in [0.15, 0.2) is 36.4 Å². The summed E-state index contributed by atoms with van der Waals surface area (Å²) in [7, 11) is 0. The Kier molecular flexibility index (Phi) is 6.55. The Morgan fingerprint density at radius 3 is 2.69 bits per heavy atom. The zero-order chi connectivity index (χ0) is 22.2. The van der Waals surface area contributed by atoms with Gasteiger partial charge in [-0.15, -0.1) is 0 Å². The fourth-order valence-corrected chi connectivity index (χ4v) is 7.34. The van der Waals surface area contributed by atoms with Gasteiger partial charge in [0, 0.05) is 33.5 Å². The fraction of sp³-hybridized carbons (Fsp3) is 0.500. The third-order valence-corrected chi connectivity index (χ3v) is 8.68. The first-order valence-electron chi connectivity index (χ1n) is 12.0. The molecule has 1 heterocycles. The van der Waals surface area contributed by atoms with E-state index in [9.17, 15) is 0 Å². The van der Waals surface area contributed by atoms with Crippen molar-refractivity contribution in [3.63, 3.8) is 0 Å². The summed E-state index contributed by atoms with van der Waals surface area (Å²) < 4.78 is 0. The number of rotatable bonds is 4. The molecule has 0 aromatic heterocycles. The van der Waals surface area contributed by atoms with Gasteiger partial charge in [-0.2, -0.15) is 0 Å². The highest BCUT2D eigenvalue weighted by molar-refractivity contribution is 7.80. The number of fused-ring (bicyclic) bond motifs is 5. The average Bonchev–Trinajstić information content (AvgIpc) is 3.26. The fourth-order valence-electron chi connectivity index (χ4n) is 6.49. The molecule has 170 valence electrons. The second-order valence-electron chi connectivity index (χ2n) is 9.56. The molecule has 2 aliphatic carbocycles. The molecule has 2 aromatic carbocycles. The summed E-state index contributed by atoms with van der Waals surface area (Å²) in [5.41, 5.74) is 4.72. The van der Waals surface area contributed by atoms with Gasteiger partial charge in [-0.3, -0.25) is 0 Å². The number of nitrogens with one attached hydrogen (secondary N) is 3. The minimum absolute atomic E-state index is 0.144. The smallest absolute Gasteiger partial charge is 0.170 e. The van der Waals surface area contributed by atoms with E-state index in [1.807, 2.05) is 18.2 Å². The zero-order valence-electron chi connectivity index (χ0n) is 18.5. The molecule has 32 heavy (non-hydrogen) atoms. The van der Waals surface area contributed by atoms with Crippen LogP contribution >= 0.6 is 35.4 Å². The maximum atomic E-state index is 6.73. The lowest BCUT2D eigenvalue weighted by atomic mass is 9.60. The second kappa shape index (κ2) is 9.40. The molecule has 0 saturated heterocycles. The predicted octanol–water partition coefficient (Wildman–Crippen LogP) is 7.77. The van der Waals surface area contributed by atoms with Gasteiger partial charge in [0.1, 0.15) is 0 Å². The highest BCUT2D eigenvalue weighted by atomic mass is 35.5. The summed E-state index contributed by atoms with van der Waals surface area (Å²) in [6.07, 6.45) is 7.61. The Balaban J connectivity index is 1.53. The number of hydrogen-bond donors (Lipinski definition) is 3. The van der Waals surface area contributed by atoms with Crippen LogP contribution in [0, 0.1) is 17.8 Å². The molecule has 0 amide bonds. The molecule has 2 saturated carbocycles. The van der Waals surface area contributed by atoms with E-state index in [0.717, 1.165) is 46.1 Å². The molecule has 0 bridgehead atoms. The van der Waals surface area contributed by atoms with E-state index in [0.29, 0.717) is 16.9 Å². The SMILES string of the molecule is CCCNC(=S)Nc1ccc2c(c1)C1CCC3CCCC3C1C(c1c(Cl)cccc1Cl)N2. The molecule has 5 unspecified atom stereocenters. The Morgan fingerprint density at radius 1 is 1.09 bits per heavy atom. The van der Waals surface area contributed by atoms with Gasteiger partial charge < -0.3 is 16.0 Å². The minimum Gasteiger partial charge on any atom is -0.378 e. The van der Waals surface area contributed by atoms with E-state index >= 15 is 0 Å². The molecule has 5 rings (SSSR count). The van der Waals surface area contributed by atoms with Crippen molar-refractivity contribution in [2.45, 2.75) is 57.4 Å². The van der Waals surface area contributed by atoms with Gasteiger partial charge in [0.2, 0.25) is 0 Å². The first-order chi connectivity index (χ1) is 15.6. The van der Waals surface area contributed by atoms with Gasteiger partial charge in [0.25, 0.3) is 0 Å². The summed E-state index contributed by atoms with van der Waals surface area (Å²) in [5.74, 6) is 2.55. The third-order valence-electron chi connectivity index (χ3n) is 7.78. The summed E-state index contributed by atoms with van der Waals surface area (Å²) in [6, 6.07) is 12.6. The lowest BCUT2D eigenvalue weighted by Gasteiger charge is -2.49. The Bertz CT molecular complexity index is 990. The normalized spacial score (nSPS) is 28.2. The summed E-state index contributed by atoms with van der Waals surface area (Å²) in [4.78, 5) is 0. The van der Waals surface area contributed by atoms with Gasteiger partial charge in [-0.1, -0.05) is 49.0 Å². The van der Waals surface area contributed by atoms with E-state index < -0.39 is 0 Å². The van der Waals surface area contributed by atoms with E-state index in [1.54, 1.807) is 0 Å². The topological polar surface area (TPSA) is 36.1 Å². The zero-order valence-corrected chi connectivity index (χ0v) is 20.8. The molecule has 2 aromatic rings. The van der Waals surface area contributed by atoms with Crippen molar-refractivity contribution in [2.75, 3.05) is 17.2 Å². The molecule has 2 fully saturated rings. The Hall–Kier alpha value is -1.49. The standard InChI is InChI=1S/C26H31Cl2N3S/c1-2-13-29-26(32)30-16-10-12-22-19(14-16)18-11-9-15-5-3-6-17(15)23(18)25(31-22)24-20(27)7-4-8-21(24)28/h4,7-8,10,12,14-15,17-18,23,25,31H,2-3,5-6,9,11,13H2,1H3,(H2,29,30,32). The van der Waals surface area contributed by atoms with Crippen molar-refractivity contribution in [3.8, 4) is 0 Å². The highest BCUT2D eigenvalue weighted by Gasteiger charge is 2.49. The summed E-state index contributed by atoms with van der Waals surface area (Å²) in [5, 5.41) is 12.7. The van der Waals surface area contributed by atoms with Crippen molar-refractivity contribution < 1.29 is 0 Å². The van der Waals surface area contributed by atoms with Gasteiger partial charge in [0.05, 0.1) is 6.04 Å². The van der Waals surface area contributed by atoms with Gasteiger partial charge in [-0.25, -0.2) is 0 Å². The van der Waals surface area contributed by atoms with Crippen LogP contribution in [0.1, 0.15) is 68.5 Å². The average molecular weight is 489 g/mol. The van der Waals surface area contributed by atoms with Crippen LogP contribution in [0.2, 0.25) is 10.0 Å². The van der Waals surface area contributed by atoms with Crippen LogP contribution in [0.5, 0.6) is 0 Å². The maximum Gasteiger partial charge on any atom is 0.170 e. The Labute approximate surface area is 206 Å². The van der Waals surface area contributed by atoms with Crippen LogP contribution in [-0.2, 0) is 0 Å². The number of benzene rings is 2. The lowest BCUT2D eigenvalue weighted by molar-refractivity contribution is 0.129. The Morgan fingerprint density at radius 2 is 1.91 bits per heavy atom. The van der Waals surface area contributed by atoms with Gasteiger partial charge >= 0.3 is 0 Å². The van der Waals surface area contributed by atoms with Crippen LogP contribution < -0.4 is 16.0 Å². The third kappa shape index (κ3) is 4.10. The maximum absolute atomic E-state index is 6.73. The van der Waals surface area contributed by atoms with Crippen molar-refractivity contribution in [1.82, 2.24) is 5.32 Å². The summed E-state index contributed by atoms with van der Waals surface area (Å²) in [6.45, 7) is 3.02. The van der Waals surface area contributed by atoms with Crippen molar-refractivity contribution in [1.29, 1.82) is 0 Å². The van der Waals surface area contributed by atoms with E-state index in [4.69, 9.17) is 35.4 Å². The first kappa shape index (κ1) is 22.3. The molecule has 3 aliphatic rings. The lowest BCUT2D eigenvalue weighted by Crippen LogP contribution is -2.41. The number of hydrogen-bond acceptors (Lipinski definition) is 2. The van der Waals surface area contributed by atoms with Crippen molar-refractivity contribution in [3.05, 3.63) is 57.6 Å². The van der Waals surface area contributed by atoms with Crippen molar-refractivity contribution >= 4 is 51.9 Å². The molecule has 6 heteroatoms. The van der Waals surface area contributed by atoms with Crippen LogP contribution in [-0.4, -0.2) is 11.7 Å². The molecular weight excluding hydrogens is 457 g/mol. The molecule has 0 radical (unpaired) electrons. The van der Waals surface area contributed by atoms with Crippen molar-refractivity contribution in [2.24, 2.45) is 17.8 Å². The minimum atomic E-state index is 0.144. The molecule has 5 atom stereocenters. The van der Waals surface area contributed by atoms with Crippen LogP contribution in [0.4, 0.5) is 11.4 Å². The predicted molar refractivity (Wildman–Crippen MR) is 140 cm³/mol. The van der Waals surface area contributed by atoms with E-state index in [1.165, 1.54) is 43.4 Å². The highest BCUT2D eigenvalue weighted by Crippen LogP contribution is 2.60. The largest absolute Gasteiger partial charge is 0.378 e. The first-order valence-corrected chi connectivity index (χ1v) is 13.1. The second-order valence-corrected chi connectivity index (χ2v) is 10.8. The molecule has 3 N–H and O–H groups in total. The van der Waals surface area contributed by atoms with E-state index in [-0.39, 0.29) is 6.04 Å². The quantitative estimate of drug-likeness (QED) is 0.384. The molecule has 3 nitrogen and oxygen atoms in total. The number of anilines is 2. The monoisotopic (exact) mass is 487 g/mol. The van der Waals surface area contributed by atoms with Gasteiger partial charge in [0.15, 0.2) is 5.11 Å². The number of halogens is 2. The van der Waals surface area contributed by atoms with Crippen LogP contribution in [0.3, 0.4) is 0 Å². The molecule has 0 spiro atoms. The summed E-state index contributed by atoms with van der Waals surface area (Å²) >= 11 is 18.9. The molecule has 1 aliphatic heterocycles.